The van der Waals surface area contributed by atoms with E-state index in [-0.39, 0.29) is 18.5 Å². The molecule has 1 aromatic carbocycles. The number of hydrogen-bond acceptors (Lipinski definition) is 1. The van der Waals surface area contributed by atoms with Gasteiger partial charge in [-0.25, -0.2) is 9.18 Å². The third-order valence-corrected chi connectivity index (χ3v) is 1.54. The van der Waals surface area contributed by atoms with Crippen LogP contribution in [0, 0.1) is 5.82 Å². The number of urea groups is 1. The maximum absolute atomic E-state index is 12.6. The predicted molar refractivity (Wildman–Crippen MR) is 51.9 cm³/mol. The van der Waals surface area contributed by atoms with Crippen molar-refractivity contribution in [1.82, 2.24) is 0 Å². The van der Waals surface area contributed by atoms with Crippen LogP contribution in [0.25, 0.3) is 0 Å². The highest BCUT2D eigenvalue weighted by molar-refractivity contribution is 5.88. The molecule has 0 saturated heterocycles. The Morgan fingerprint density at radius 1 is 1.31 bits per heavy atom. The molecule has 1 aromatic rings. The molecule has 0 aromatic heterocycles. The molecule has 0 atom stereocenters. The Morgan fingerprint density at radius 3 is 2.31 bits per heavy atom. The highest BCUT2D eigenvalue weighted by Crippen LogP contribution is 2.35. The van der Waals surface area contributed by atoms with Crippen LogP contribution in [0.4, 0.5) is 28.0 Å². The first-order chi connectivity index (χ1) is 6.80. The normalized spacial score (nSPS) is 10.5. The van der Waals surface area contributed by atoms with E-state index in [1.165, 1.54) is 0 Å². The fourth-order valence-electron chi connectivity index (χ4n) is 0.993. The van der Waals surface area contributed by atoms with Crippen molar-refractivity contribution in [3.05, 3.63) is 29.6 Å². The highest BCUT2D eigenvalue weighted by atomic mass is 35.5. The van der Waals surface area contributed by atoms with E-state index in [0.717, 1.165) is 12.1 Å². The Labute approximate surface area is 94.0 Å². The number of alkyl halides is 3. The SMILES string of the molecule is Cl.NC(=O)Nc1ccc(F)cc1C(F)(F)F. The van der Waals surface area contributed by atoms with Gasteiger partial charge < -0.3 is 11.1 Å². The molecule has 0 unspecified atom stereocenters. The summed E-state index contributed by atoms with van der Waals surface area (Å²) < 4.78 is 49.5. The summed E-state index contributed by atoms with van der Waals surface area (Å²) in [6.45, 7) is 0. The van der Waals surface area contributed by atoms with E-state index in [1.807, 2.05) is 0 Å². The first-order valence-electron chi connectivity index (χ1n) is 3.74. The number of carbonyl (C=O) groups excluding carboxylic acids is 1. The molecule has 0 fully saturated rings. The van der Waals surface area contributed by atoms with Crippen molar-refractivity contribution in [1.29, 1.82) is 0 Å². The second-order valence-electron chi connectivity index (χ2n) is 2.68. The van der Waals surface area contributed by atoms with Gasteiger partial charge in [-0.2, -0.15) is 13.2 Å². The van der Waals surface area contributed by atoms with Gasteiger partial charge in [-0.3, -0.25) is 0 Å². The average molecular weight is 259 g/mol. The summed E-state index contributed by atoms with van der Waals surface area (Å²) in [6, 6.07) is 0.724. The van der Waals surface area contributed by atoms with E-state index >= 15 is 0 Å². The Bertz CT molecular complexity index is 394. The molecule has 3 nitrogen and oxygen atoms in total. The molecule has 1 rings (SSSR count). The number of benzene rings is 1. The van der Waals surface area contributed by atoms with Gasteiger partial charge in [-0.15, -0.1) is 12.4 Å². The fourth-order valence-corrected chi connectivity index (χ4v) is 0.993. The molecule has 3 N–H and O–H groups in total. The van der Waals surface area contributed by atoms with Crippen molar-refractivity contribution in [2.75, 3.05) is 5.32 Å². The molecule has 0 aliphatic heterocycles. The summed E-state index contributed by atoms with van der Waals surface area (Å²) in [6.07, 6.45) is -4.75. The van der Waals surface area contributed by atoms with Gasteiger partial charge in [-0.05, 0) is 18.2 Å². The van der Waals surface area contributed by atoms with Gasteiger partial charge in [0.25, 0.3) is 0 Å². The first-order valence-corrected chi connectivity index (χ1v) is 3.74. The molecule has 0 heterocycles. The van der Waals surface area contributed by atoms with E-state index in [4.69, 9.17) is 0 Å². The van der Waals surface area contributed by atoms with Crippen molar-refractivity contribution in [3.63, 3.8) is 0 Å². The van der Waals surface area contributed by atoms with Crippen LogP contribution in [0.2, 0.25) is 0 Å². The predicted octanol–water partition coefficient (Wildman–Crippen LogP) is 2.76. The number of amides is 2. The average Bonchev–Trinajstić information content (AvgIpc) is 2.05. The molecular weight excluding hydrogens is 252 g/mol. The third-order valence-electron chi connectivity index (χ3n) is 1.54. The zero-order chi connectivity index (χ0) is 11.6. The van der Waals surface area contributed by atoms with E-state index in [9.17, 15) is 22.4 Å². The van der Waals surface area contributed by atoms with Gasteiger partial charge in [0.1, 0.15) is 5.82 Å². The number of nitrogens with two attached hydrogens (primary N) is 1. The molecule has 16 heavy (non-hydrogen) atoms. The van der Waals surface area contributed by atoms with Gasteiger partial charge in [0, 0.05) is 0 Å². The smallest absolute Gasteiger partial charge is 0.351 e. The van der Waals surface area contributed by atoms with E-state index < -0.39 is 29.3 Å². The zero-order valence-electron chi connectivity index (χ0n) is 7.64. The minimum atomic E-state index is -4.75. The Balaban J connectivity index is 0.00000225. The van der Waals surface area contributed by atoms with Gasteiger partial charge in [-0.1, -0.05) is 0 Å². The van der Waals surface area contributed by atoms with Gasteiger partial charge >= 0.3 is 12.2 Å². The topological polar surface area (TPSA) is 55.1 Å². The van der Waals surface area contributed by atoms with Crippen LogP contribution < -0.4 is 11.1 Å². The van der Waals surface area contributed by atoms with Crippen LogP contribution in [-0.2, 0) is 6.18 Å². The number of hydrogen-bond donors (Lipinski definition) is 2. The molecule has 0 spiro atoms. The summed E-state index contributed by atoms with van der Waals surface area (Å²) in [5.74, 6) is -1.04. The van der Waals surface area contributed by atoms with E-state index in [2.05, 4.69) is 5.73 Å². The maximum Gasteiger partial charge on any atom is 0.418 e. The number of primary amides is 1. The fraction of sp³-hybridized carbons (Fsp3) is 0.125. The lowest BCUT2D eigenvalue weighted by atomic mass is 10.1. The summed E-state index contributed by atoms with van der Waals surface area (Å²) in [5, 5.41) is 1.76. The lowest BCUT2D eigenvalue weighted by molar-refractivity contribution is -0.137. The quantitative estimate of drug-likeness (QED) is 0.748. The number of rotatable bonds is 1. The molecule has 2 amide bonds. The van der Waals surface area contributed by atoms with Gasteiger partial charge in [0.2, 0.25) is 0 Å². The van der Waals surface area contributed by atoms with Crippen LogP contribution in [0.3, 0.4) is 0 Å². The third kappa shape index (κ3) is 3.58. The molecule has 0 aliphatic carbocycles. The standard InChI is InChI=1S/C8H6F4N2O.ClH/c9-4-1-2-6(14-7(13)15)5(3-4)8(10,11)12;/h1-3H,(H3,13,14,15);1H. The van der Waals surface area contributed by atoms with E-state index in [0.29, 0.717) is 0 Å². The van der Waals surface area contributed by atoms with Crippen molar-refractivity contribution in [2.24, 2.45) is 5.73 Å². The number of halogens is 5. The lowest BCUT2D eigenvalue weighted by Crippen LogP contribution is -2.22. The minimum Gasteiger partial charge on any atom is -0.351 e. The molecule has 0 saturated carbocycles. The zero-order valence-corrected chi connectivity index (χ0v) is 8.45. The molecular formula is C8H7ClF4N2O. The van der Waals surface area contributed by atoms with Gasteiger partial charge in [0.05, 0.1) is 11.3 Å². The van der Waals surface area contributed by atoms with Crippen LogP contribution >= 0.6 is 12.4 Å². The molecule has 0 aliphatic rings. The summed E-state index contributed by atoms with van der Waals surface area (Å²) in [4.78, 5) is 10.4. The number of anilines is 1. The Hall–Kier alpha value is -1.50. The van der Waals surface area contributed by atoms with Crippen LogP contribution in [0.15, 0.2) is 18.2 Å². The summed E-state index contributed by atoms with van der Waals surface area (Å²) in [7, 11) is 0. The number of nitrogens with one attached hydrogen (secondary N) is 1. The Kier molecular flexibility index (Phi) is 4.55. The number of carbonyl (C=O) groups is 1. The molecule has 0 radical (unpaired) electrons. The van der Waals surface area contributed by atoms with Crippen molar-refractivity contribution in [3.8, 4) is 0 Å². The summed E-state index contributed by atoms with van der Waals surface area (Å²) in [5.41, 5.74) is 2.81. The maximum atomic E-state index is 12.6. The molecule has 0 bridgehead atoms. The highest BCUT2D eigenvalue weighted by Gasteiger charge is 2.34. The Morgan fingerprint density at radius 2 is 1.88 bits per heavy atom. The first kappa shape index (κ1) is 14.5. The second-order valence-corrected chi connectivity index (χ2v) is 2.68. The van der Waals surface area contributed by atoms with Crippen molar-refractivity contribution < 1.29 is 22.4 Å². The van der Waals surface area contributed by atoms with Crippen molar-refractivity contribution >= 4 is 24.1 Å². The summed E-state index contributed by atoms with van der Waals surface area (Å²) >= 11 is 0. The van der Waals surface area contributed by atoms with Gasteiger partial charge in [0.15, 0.2) is 0 Å². The second kappa shape index (κ2) is 5.02. The lowest BCUT2D eigenvalue weighted by Gasteiger charge is -2.12. The monoisotopic (exact) mass is 258 g/mol. The minimum absolute atomic E-state index is 0. The molecule has 8 heteroatoms. The largest absolute Gasteiger partial charge is 0.418 e. The van der Waals surface area contributed by atoms with Crippen LogP contribution in [0.5, 0.6) is 0 Å². The van der Waals surface area contributed by atoms with Crippen LogP contribution in [-0.4, -0.2) is 6.03 Å². The van der Waals surface area contributed by atoms with Crippen LogP contribution in [0.1, 0.15) is 5.56 Å². The van der Waals surface area contributed by atoms with Crippen molar-refractivity contribution in [2.45, 2.75) is 6.18 Å². The van der Waals surface area contributed by atoms with E-state index in [1.54, 1.807) is 5.32 Å². The molecule has 90 valence electrons.